The molecule has 1 unspecified atom stereocenters. The van der Waals surface area contributed by atoms with Gasteiger partial charge in [0.2, 0.25) is 5.91 Å². The largest absolute Gasteiger partial charge is 0.491 e. The Kier molecular flexibility index (Phi) is 5.99. The summed E-state index contributed by atoms with van der Waals surface area (Å²) in [6.07, 6.45) is 1.82. The lowest BCUT2D eigenvalue weighted by Crippen LogP contribution is -2.23. The van der Waals surface area contributed by atoms with E-state index in [0.29, 0.717) is 22.4 Å². The fourth-order valence-corrected chi connectivity index (χ4v) is 3.55. The number of benzene rings is 1. The second kappa shape index (κ2) is 8.43. The zero-order valence-corrected chi connectivity index (χ0v) is 17.3. The number of ether oxygens (including phenoxy) is 2. The first-order valence-electron chi connectivity index (χ1n) is 8.97. The molecule has 0 aliphatic rings. The summed E-state index contributed by atoms with van der Waals surface area (Å²) in [5.74, 6) is 1.97. The Bertz CT molecular complexity index is 947. The second-order valence-corrected chi connectivity index (χ2v) is 7.67. The van der Waals surface area contributed by atoms with Gasteiger partial charge in [-0.2, -0.15) is 0 Å². The molecule has 2 aromatic heterocycles. The van der Waals surface area contributed by atoms with E-state index in [1.165, 1.54) is 18.3 Å². The normalized spacial score (nSPS) is 12.1. The SMILES string of the molecule is CC(=O)NC(C)c1onc(-c2cnc(Oc3ccc(OC(C)C)cc3)s2)c1C. The molecule has 0 radical (unpaired) electrons. The van der Waals surface area contributed by atoms with Crippen molar-refractivity contribution in [3.8, 4) is 27.3 Å². The Morgan fingerprint density at radius 3 is 2.50 bits per heavy atom. The van der Waals surface area contributed by atoms with Gasteiger partial charge in [-0.3, -0.25) is 4.79 Å². The Morgan fingerprint density at radius 2 is 1.86 bits per heavy atom. The fourth-order valence-electron chi connectivity index (χ4n) is 2.73. The summed E-state index contributed by atoms with van der Waals surface area (Å²) in [6, 6.07) is 7.15. The highest BCUT2D eigenvalue weighted by Gasteiger charge is 2.21. The molecule has 0 bridgehead atoms. The van der Waals surface area contributed by atoms with Gasteiger partial charge in [0, 0.05) is 12.5 Å². The van der Waals surface area contributed by atoms with Crippen molar-refractivity contribution < 1.29 is 18.8 Å². The average molecular weight is 401 g/mol. The molecule has 0 fully saturated rings. The first-order valence-corrected chi connectivity index (χ1v) is 9.79. The molecule has 0 saturated carbocycles. The number of amides is 1. The van der Waals surface area contributed by atoms with E-state index in [1.54, 1.807) is 6.20 Å². The van der Waals surface area contributed by atoms with Crippen LogP contribution in [0.3, 0.4) is 0 Å². The van der Waals surface area contributed by atoms with Gasteiger partial charge in [0.15, 0.2) is 5.76 Å². The van der Waals surface area contributed by atoms with Crippen LogP contribution in [-0.4, -0.2) is 22.2 Å². The van der Waals surface area contributed by atoms with Gasteiger partial charge in [-0.05, 0) is 52.0 Å². The number of hydrogen-bond donors (Lipinski definition) is 1. The van der Waals surface area contributed by atoms with Gasteiger partial charge < -0.3 is 19.3 Å². The van der Waals surface area contributed by atoms with Gasteiger partial charge in [-0.15, -0.1) is 0 Å². The number of hydrogen-bond acceptors (Lipinski definition) is 7. The van der Waals surface area contributed by atoms with Crippen molar-refractivity contribution >= 4 is 17.2 Å². The van der Waals surface area contributed by atoms with Crippen molar-refractivity contribution in [1.82, 2.24) is 15.5 Å². The zero-order valence-electron chi connectivity index (χ0n) is 16.5. The zero-order chi connectivity index (χ0) is 20.3. The Hall–Kier alpha value is -2.87. The molecule has 1 N–H and O–H groups in total. The standard InChI is InChI=1S/C20H23N3O4S/c1-11(2)25-15-6-8-16(9-7-15)26-20-21-10-17(28-20)18-12(3)19(27-23-18)13(4)22-14(5)24/h6-11,13H,1-5H3,(H,22,24). The van der Waals surface area contributed by atoms with Crippen LogP contribution in [0.25, 0.3) is 10.6 Å². The van der Waals surface area contributed by atoms with Crippen LogP contribution in [0.1, 0.15) is 45.1 Å². The number of nitrogens with one attached hydrogen (secondary N) is 1. The number of rotatable bonds is 7. The summed E-state index contributed by atoms with van der Waals surface area (Å²) >= 11 is 1.37. The average Bonchev–Trinajstić information content (AvgIpc) is 3.22. The smallest absolute Gasteiger partial charge is 0.279 e. The van der Waals surface area contributed by atoms with Crippen LogP contribution >= 0.6 is 11.3 Å². The number of carbonyl (C=O) groups is 1. The van der Waals surface area contributed by atoms with E-state index in [9.17, 15) is 4.79 Å². The molecule has 148 valence electrons. The monoisotopic (exact) mass is 401 g/mol. The van der Waals surface area contributed by atoms with Crippen molar-refractivity contribution in [3.05, 3.63) is 41.8 Å². The minimum Gasteiger partial charge on any atom is -0.491 e. The molecule has 0 saturated heterocycles. The molecule has 0 aliphatic heterocycles. The highest BCUT2D eigenvalue weighted by Crippen LogP contribution is 2.36. The maximum absolute atomic E-state index is 11.3. The van der Waals surface area contributed by atoms with E-state index < -0.39 is 0 Å². The van der Waals surface area contributed by atoms with Gasteiger partial charge in [-0.25, -0.2) is 4.98 Å². The van der Waals surface area contributed by atoms with Crippen LogP contribution in [0.4, 0.5) is 0 Å². The topological polar surface area (TPSA) is 86.5 Å². The minimum absolute atomic E-state index is 0.122. The Labute approximate surface area is 167 Å². The lowest BCUT2D eigenvalue weighted by atomic mass is 10.1. The fraction of sp³-hybridized carbons (Fsp3) is 0.350. The minimum atomic E-state index is -0.256. The van der Waals surface area contributed by atoms with Gasteiger partial charge in [-0.1, -0.05) is 16.5 Å². The lowest BCUT2D eigenvalue weighted by Gasteiger charge is -2.09. The van der Waals surface area contributed by atoms with Crippen LogP contribution < -0.4 is 14.8 Å². The molecule has 3 aromatic rings. The van der Waals surface area contributed by atoms with Gasteiger partial charge >= 0.3 is 0 Å². The third kappa shape index (κ3) is 4.69. The quantitative estimate of drug-likeness (QED) is 0.607. The molecule has 1 aromatic carbocycles. The summed E-state index contributed by atoms with van der Waals surface area (Å²) < 4.78 is 16.9. The van der Waals surface area contributed by atoms with E-state index in [1.807, 2.05) is 52.0 Å². The second-order valence-electron chi connectivity index (χ2n) is 6.67. The molecule has 8 heteroatoms. The summed E-state index contributed by atoms with van der Waals surface area (Å²) in [5, 5.41) is 7.45. The van der Waals surface area contributed by atoms with E-state index in [4.69, 9.17) is 14.0 Å². The van der Waals surface area contributed by atoms with E-state index in [2.05, 4.69) is 15.5 Å². The number of carbonyl (C=O) groups excluding carboxylic acids is 1. The van der Waals surface area contributed by atoms with E-state index >= 15 is 0 Å². The summed E-state index contributed by atoms with van der Waals surface area (Å²) in [7, 11) is 0. The number of nitrogens with zero attached hydrogens (tertiary/aromatic N) is 2. The van der Waals surface area contributed by atoms with Crippen LogP contribution in [0, 0.1) is 6.92 Å². The van der Waals surface area contributed by atoms with Gasteiger partial charge in [0.05, 0.1) is 23.2 Å². The molecular formula is C20H23N3O4S. The Balaban J connectivity index is 1.72. The van der Waals surface area contributed by atoms with Crippen molar-refractivity contribution in [2.45, 2.75) is 46.8 Å². The Morgan fingerprint density at radius 1 is 1.18 bits per heavy atom. The van der Waals surface area contributed by atoms with Gasteiger partial charge in [0.1, 0.15) is 17.2 Å². The van der Waals surface area contributed by atoms with Gasteiger partial charge in [0.25, 0.3) is 5.19 Å². The summed E-state index contributed by atoms with van der Waals surface area (Å²) in [5.41, 5.74) is 1.56. The molecule has 2 heterocycles. The predicted molar refractivity (Wildman–Crippen MR) is 107 cm³/mol. The molecule has 28 heavy (non-hydrogen) atoms. The lowest BCUT2D eigenvalue weighted by molar-refractivity contribution is -0.119. The van der Waals surface area contributed by atoms with Crippen LogP contribution in [0.2, 0.25) is 0 Å². The maximum atomic E-state index is 11.3. The molecule has 0 spiro atoms. The van der Waals surface area contributed by atoms with Crippen LogP contribution in [-0.2, 0) is 4.79 Å². The highest BCUT2D eigenvalue weighted by molar-refractivity contribution is 7.16. The first kappa shape index (κ1) is 19.9. The molecular weight excluding hydrogens is 378 g/mol. The predicted octanol–water partition coefficient (Wildman–Crippen LogP) is 4.88. The van der Waals surface area contributed by atoms with Crippen LogP contribution in [0.15, 0.2) is 35.0 Å². The molecule has 0 aliphatic carbocycles. The first-order chi connectivity index (χ1) is 13.3. The maximum Gasteiger partial charge on any atom is 0.279 e. The van der Waals surface area contributed by atoms with Crippen molar-refractivity contribution in [3.63, 3.8) is 0 Å². The summed E-state index contributed by atoms with van der Waals surface area (Å²) in [4.78, 5) is 16.4. The molecule has 3 rings (SSSR count). The van der Waals surface area contributed by atoms with Crippen molar-refractivity contribution in [1.29, 1.82) is 0 Å². The summed E-state index contributed by atoms with van der Waals surface area (Å²) in [6.45, 7) is 9.20. The molecule has 1 amide bonds. The number of thiazole rings is 1. The van der Waals surface area contributed by atoms with Crippen molar-refractivity contribution in [2.75, 3.05) is 0 Å². The van der Waals surface area contributed by atoms with Crippen LogP contribution in [0.5, 0.6) is 16.7 Å². The highest BCUT2D eigenvalue weighted by atomic mass is 32.1. The molecule has 1 atom stereocenters. The number of aromatic nitrogens is 2. The van der Waals surface area contributed by atoms with E-state index in [0.717, 1.165) is 16.2 Å². The van der Waals surface area contributed by atoms with E-state index in [-0.39, 0.29) is 18.1 Å². The third-order valence-corrected chi connectivity index (χ3v) is 4.77. The third-order valence-electron chi connectivity index (χ3n) is 3.89. The van der Waals surface area contributed by atoms with Crippen molar-refractivity contribution in [2.24, 2.45) is 0 Å². The molecule has 7 nitrogen and oxygen atoms in total.